The van der Waals surface area contributed by atoms with Crippen molar-refractivity contribution in [3.8, 4) is 11.3 Å². The van der Waals surface area contributed by atoms with Gasteiger partial charge >= 0.3 is 5.97 Å². The van der Waals surface area contributed by atoms with Crippen LogP contribution in [0.25, 0.3) is 11.3 Å². The van der Waals surface area contributed by atoms with E-state index in [1.165, 1.54) is 4.68 Å². The van der Waals surface area contributed by atoms with Crippen molar-refractivity contribution in [2.24, 2.45) is 5.73 Å². The number of carboxylic acids is 1. The average Bonchev–Trinajstić information content (AvgIpc) is 2.78. The first kappa shape index (κ1) is 11.3. The third-order valence-electron chi connectivity index (χ3n) is 2.31. The highest BCUT2D eigenvalue weighted by atomic mass is 16.4. The van der Waals surface area contributed by atoms with Crippen LogP contribution in [-0.2, 0) is 11.3 Å². The Balaban J connectivity index is 2.14. The van der Waals surface area contributed by atoms with Crippen LogP contribution in [0.3, 0.4) is 0 Å². The van der Waals surface area contributed by atoms with Gasteiger partial charge in [-0.2, -0.15) is 0 Å². The smallest absolute Gasteiger partial charge is 0.322 e. The first-order chi connectivity index (χ1) is 8.16. The molecule has 1 heterocycles. The average molecular weight is 232 g/mol. The van der Waals surface area contributed by atoms with E-state index < -0.39 is 12.0 Å². The summed E-state index contributed by atoms with van der Waals surface area (Å²) in [4.78, 5) is 10.6. The molecule has 2 rings (SSSR count). The molecule has 0 bridgehead atoms. The van der Waals surface area contributed by atoms with E-state index in [-0.39, 0.29) is 6.54 Å². The van der Waals surface area contributed by atoms with Gasteiger partial charge in [0.25, 0.3) is 0 Å². The van der Waals surface area contributed by atoms with Crippen molar-refractivity contribution < 1.29 is 9.90 Å². The van der Waals surface area contributed by atoms with Gasteiger partial charge in [-0.15, -0.1) is 5.10 Å². The molecule has 0 amide bonds. The second-order valence-corrected chi connectivity index (χ2v) is 3.64. The van der Waals surface area contributed by atoms with Gasteiger partial charge in [0.2, 0.25) is 0 Å². The van der Waals surface area contributed by atoms with Crippen molar-refractivity contribution in [2.45, 2.75) is 12.6 Å². The van der Waals surface area contributed by atoms with Gasteiger partial charge in [-0.1, -0.05) is 35.5 Å². The maximum atomic E-state index is 10.6. The Hall–Kier alpha value is -2.21. The van der Waals surface area contributed by atoms with Crippen LogP contribution >= 0.6 is 0 Å². The number of aliphatic carboxylic acids is 1. The fourth-order valence-electron chi connectivity index (χ4n) is 1.41. The van der Waals surface area contributed by atoms with Crippen LogP contribution in [0.15, 0.2) is 36.5 Å². The molecule has 2 aromatic rings. The Morgan fingerprint density at radius 1 is 1.41 bits per heavy atom. The molecule has 1 atom stereocenters. The van der Waals surface area contributed by atoms with E-state index in [1.54, 1.807) is 6.20 Å². The van der Waals surface area contributed by atoms with Gasteiger partial charge < -0.3 is 10.8 Å². The SMILES string of the molecule is N[C@H](Cn1cc(-c2ccccc2)nn1)C(=O)O. The minimum Gasteiger partial charge on any atom is -0.480 e. The van der Waals surface area contributed by atoms with Gasteiger partial charge in [0.15, 0.2) is 0 Å². The molecule has 1 aromatic carbocycles. The van der Waals surface area contributed by atoms with Crippen LogP contribution < -0.4 is 5.73 Å². The topological polar surface area (TPSA) is 94.0 Å². The first-order valence-electron chi connectivity index (χ1n) is 5.11. The van der Waals surface area contributed by atoms with E-state index in [0.717, 1.165) is 5.56 Å². The molecule has 0 unspecified atom stereocenters. The Bertz CT molecular complexity index is 509. The summed E-state index contributed by atoms with van der Waals surface area (Å²) in [6, 6.07) is 8.56. The first-order valence-corrected chi connectivity index (χ1v) is 5.11. The molecule has 0 aliphatic rings. The van der Waals surface area contributed by atoms with Gasteiger partial charge in [-0.25, -0.2) is 4.68 Å². The number of hydrogen-bond donors (Lipinski definition) is 2. The third kappa shape index (κ3) is 2.67. The zero-order valence-electron chi connectivity index (χ0n) is 9.02. The number of nitrogens with zero attached hydrogens (tertiary/aromatic N) is 3. The van der Waals surface area contributed by atoms with Crippen LogP contribution in [0.4, 0.5) is 0 Å². The normalized spacial score (nSPS) is 12.3. The quantitative estimate of drug-likeness (QED) is 0.793. The largest absolute Gasteiger partial charge is 0.480 e. The predicted molar refractivity (Wildman–Crippen MR) is 61.1 cm³/mol. The lowest BCUT2D eigenvalue weighted by Crippen LogP contribution is -2.34. The van der Waals surface area contributed by atoms with E-state index >= 15 is 0 Å². The van der Waals surface area contributed by atoms with Crippen LogP contribution in [0.2, 0.25) is 0 Å². The highest BCUT2D eigenvalue weighted by Crippen LogP contribution is 2.14. The van der Waals surface area contributed by atoms with Crippen LogP contribution in [0.1, 0.15) is 0 Å². The van der Waals surface area contributed by atoms with Gasteiger partial charge in [0.1, 0.15) is 11.7 Å². The van der Waals surface area contributed by atoms with E-state index in [1.807, 2.05) is 30.3 Å². The highest BCUT2D eigenvalue weighted by molar-refractivity contribution is 5.72. The Kier molecular flexibility index (Phi) is 3.15. The number of nitrogens with two attached hydrogens (primary N) is 1. The number of carbonyl (C=O) groups is 1. The third-order valence-corrected chi connectivity index (χ3v) is 2.31. The summed E-state index contributed by atoms with van der Waals surface area (Å²) in [5.41, 5.74) is 7.04. The van der Waals surface area contributed by atoms with E-state index in [0.29, 0.717) is 5.69 Å². The van der Waals surface area contributed by atoms with Crippen molar-refractivity contribution in [3.63, 3.8) is 0 Å². The molecule has 0 saturated heterocycles. The molecule has 6 nitrogen and oxygen atoms in total. The summed E-state index contributed by atoms with van der Waals surface area (Å²) < 4.78 is 1.43. The molecule has 0 aliphatic heterocycles. The summed E-state index contributed by atoms with van der Waals surface area (Å²) >= 11 is 0. The van der Waals surface area contributed by atoms with Crippen molar-refractivity contribution in [1.82, 2.24) is 15.0 Å². The number of carboxylic acid groups (broad SMARTS) is 1. The second-order valence-electron chi connectivity index (χ2n) is 3.64. The Labute approximate surface area is 97.7 Å². The Morgan fingerprint density at radius 2 is 2.12 bits per heavy atom. The molecule has 88 valence electrons. The summed E-state index contributed by atoms with van der Waals surface area (Å²) in [7, 11) is 0. The zero-order valence-corrected chi connectivity index (χ0v) is 9.02. The fourth-order valence-corrected chi connectivity index (χ4v) is 1.41. The van der Waals surface area contributed by atoms with Gasteiger partial charge in [-0.3, -0.25) is 4.79 Å². The Morgan fingerprint density at radius 3 is 2.76 bits per heavy atom. The number of hydrogen-bond acceptors (Lipinski definition) is 4. The van der Waals surface area contributed by atoms with Gasteiger partial charge in [0, 0.05) is 5.56 Å². The van der Waals surface area contributed by atoms with Crippen molar-refractivity contribution >= 4 is 5.97 Å². The monoisotopic (exact) mass is 232 g/mol. The van der Waals surface area contributed by atoms with E-state index in [9.17, 15) is 4.79 Å². The summed E-state index contributed by atoms with van der Waals surface area (Å²) in [5, 5.41) is 16.5. The maximum absolute atomic E-state index is 10.6. The van der Waals surface area contributed by atoms with Crippen molar-refractivity contribution in [1.29, 1.82) is 0 Å². The molecule has 0 saturated carbocycles. The molecule has 0 fully saturated rings. The molecule has 1 aromatic heterocycles. The molecular weight excluding hydrogens is 220 g/mol. The number of aromatic nitrogens is 3. The van der Waals surface area contributed by atoms with Gasteiger partial charge in [-0.05, 0) is 0 Å². The number of rotatable bonds is 4. The second kappa shape index (κ2) is 4.75. The fraction of sp³-hybridized carbons (Fsp3) is 0.182. The molecule has 3 N–H and O–H groups in total. The lowest BCUT2D eigenvalue weighted by Gasteiger charge is -2.04. The van der Waals surface area contributed by atoms with E-state index in [4.69, 9.17) is 10.8 Å². The summed E-state index contributed by atoms with van der Waals surface area (Å²) in [5.74, 6) is -1.05. The summed E-state index contributed by atoms with van der Waals surface area (Å²) in [6.45, 7) is 0.106. The molecule has 0 spiro atoms. The maximum Gasteiger partial charge on any atom is 0.322 e. The minimum absolute atomic E-state index is 0.106. The lowest BCUT2D eigenvalue weighted by molar-refractivity contribution is -0.138. The predicted octanol–water partition coefficient (Wildman–Crippen LogP) is 0.357. The number of benzene rings is 1. The lowest BCUT2D eigenvalue weighted by atomic mass is 10.2. The van der Waals surface area contributed by atoms with Crippen LogP contribution in [0.5, 0.6) is 0 Å². The van der Waals surface area contributed by atoms with Crippen LogP contribution in [0, 0.1) is 0 Å². The molecular formula is C11H12N4O2. The van der Waals surface area contributed by atoms with Crippen LogP contribution in [-0.4, -0.2) is 32.1 Å². The molecule has 17 heavy (non-hydrogen) atoms. The summed E-state index contributed by atoms with van der Waals surface area (Å²) in [6.07, 6.45) is 1.68. The minimum atomic E-state index is -1.05. The standard InChI is InChI=1S/C11H12N4O2/c12-9(11(16)17)6-15-7-10(13-14-15)8-4-2-1-3-5-8/h1-5,7,9H,6,12H2,(H,16,17)/t9-/m1/s1. The van der Waals surface area contributed by atoms with Crippen molar-refractivity contribution in [2.75, 3.05) is 0 Å². The van der Waals surface area contributed by atoms with Crippen molar-refractivity contribution in [3.05, 3.63) is 36.5 Å². The molecule has 6 heteroatoms. The molecule has 0 aliphatic carbocycles. The van der Waals surface area contributed by atoms with Gasteiger partial charge in [0.05, 0.1) is 12.7 Å². The van der Waals surface area contributed by atoms with E-state index in [2.05, 4.69) is 10.3 Å². The highest BCUT2D eigenvalue weighted by Gasteiger charge is 2.13. The zero-order chi connectivity index (χ0) is 12.3. The molecule has 0 radical (unpaired) electrons.